The Labute approximate surface area is 110 Å². The van der Waals surface area contributed by atoms with Crippen molar-refractivity contribution in [2.24, 2.45) is 5.92 Å². The molecule has 2 rings (SSSR count). The van der Waals surface area contributed by atoms with Crippen LogP contribution in [0.3, 0.4) is 0 Å². The summed E-state index contributed by atoms with van der Waals surface area (Å²) in [5, 5.41) is 13.0. The Balaban J connectivity index is 1.75. The maximum Gasteiger partial charge on any atom is 0.0511 e. The standard InChI is InChI=1S/C16H23NO/c18-13-16(15-9-5-2-6-10-15)12-17-11-14-7-3-1-4-8-14/h1-3,5-6,9-10,14,16-18H,4,7-8,11-13H2/t14-,16+/m1/s1. The van der Waals surface area contributed by atoms with Crippen molar-refractivity contribution < 1.29 is 5.11 Å². The summed E-state index contributed by atoms with van der Waals surface area (Å²) in [5.74, 6) is 0.982. The maximum absolute atomic E-state index is 9.47. The molecule has 0 aliphatic heterocycles. The van der Waals surface area contributed by atoms with Gasteiger partial charge in [-0.05, 0) is 37.3 Å². The van der Waals surface area contributed by atoms with Gasteiger partial charge < -0.3 is 10.4 Å². The number of rotatable bonds is 6. The SMILES string of the molecule is OC[C@H](CNC[C@@H]1CC=CCC1)c1ccccc1. The van der Waals surface area contributed by atoms with Gasteiger partial charge in [0.15, 0.2) is 0 Å². The summed E-state index contributed by atoms with van der Waals surface area (Å²) in [6, 6.07) is 10.3. The van der Waals surface area contributed by atoms with Crippen LogP contribution in [0.25, 0.3) is 0 Å². The largest absolute Gasteiger partial charge is 0.396 e. The van der Waals surface area contributed by atoms with Gasteiger partial charge in [-0.1, -0.05) is 42.5 Å². The summed E-state index contributed by atoms with van der Waals surface area (Å²) in [4.78, 5) is 0. The molecular weight excluding hydrogens is 222 g/mol. The van der Waals surface area contributed by atoms with E-state index in [9.17, 15) is 5.11 Å². The van der Waals surface area contributed by atoms with Crippen molar-refractivity contribution in [3.05, 3.63) is 48.0 Å². The predicted molar refractivity (Wildman–Crippen MR) is 75.6 cm³/mol. The second kappa shape index (κ2) is 7.34. The van der Waals surface area contributed by atoms with Gasteiger partial charge >= 0.3 is 0 Å². The van der Waals surface area contributed by atoms with E-state index in [0.29, 0.717) is 0 Å². The number of allylic oxidation sites excluding steroid dienone is 2. The first-order chi connectivity index (χ1) is 8.90. The van der Waals surface area contributed by atoms with Crippen LogP contribution in [0.15, 0.2) is 42.5 Å². The molecule has 2 heteroatoms. The zero-order valence-electron chi connectivity index (χ0n) is 10.9. The fourth-order valence-electron chi connectivity index (χ4n) is 2.52. The van der Waals surface area contributed by atoms with Crippen LogP contribution in [0.2, 0.25) is 0 Å². The van der Waals surface area contributed by atoms with E-state index in [2.05, 4.69) is 29.6 Å². The molecule has 98 valence electrons. The fraction of sp³-hybridized carbons (Fsp3) is 0.500. The highest BCUT2D eigenvalue weighted by Gasteiger charge is 2.12. The number of aliphatic hydroxyl groups excluding tert-OH is 1. The summed E-state index contributed by atoms with van der Waals surface area (Å²) in [6.45, 7) is 2.13. The molecule has 1 aromatic carbocycles. The Bertz CT molecular complexity index is 361. The molecule has 0 unspecified atom stereocenters. The molecule has 18 heavy (non-hydrogen) atoms. The molecule has 0 bridgehead atoms. The molecule has 1 aliphatic rings. The van der Waals surface area contributed by atoms with Crippen LogP contribution in [0, 0.1) is 5.92 Å². The molecule has 0 aromatic heterocycles. The van der Waals surface area contributed by atoms with E-state index < -0.39 is 0 Å². The Hall–Kier alpha value is -1.12. The molecule has 0 saturated heterocycles. The van der Waals surface area contributed by atoms with Crippen molar-refractivity contribution in [3.63, 3.8) is 0 Å². The molecule has 0 heterocycles. The van der Waals surface area contributed by atoms with Gasteiger partial charge in [0.25, 0.3) is 0 Å². The summed E-state index contributed by atoms with van der Waals surface area (Å²) in [7, 11) is 0. The summed E-state index contributed by atoms with van der Waals surface area (Å²) >= 11 is 0. The Morgan fingerprint density at radius 2 is 2.06 bits per heavy atom. The quantitative estimate of drug-likeness (QED) is 0.755. The molecular formula is C16H23NO. The van der Waals surface area contributed by atoms with Gasteiger partial charge in [-0.25, -0.2) is 0 Å². The van der Waals surface area contributed by atoms with Crippen LogP contribution < -0.4 is 5.32 Å². The van der Waals surface area contributed by atoms with Gasteiger partial charge in [-0.3, -0.25) is 0 Å². The van der Waals surface area contributed by atoms with Crippen molar-refractivity contribution in [3.8, 4) is 0 Å². The number of hydrogen-bond donors (Lipinski definition) is 2. The summed E-state index contributed by atoms with van der Waals surface area (Å²) in [6.07, 6.45) is 8.27. The van der Waals surface area contributed by atoms with Crippen LogP contribution in [0.1, 0.15) is 30.7 Å². The summed E-state index contributed by atoms with van der Waals surface area (Å²) < 4.78 is 0. The number of hydrogen-bond acceptors (Lipinski definition) is 2. The molecule has 2 N–H and O–H groups in total. The normalized spacial score (nSPS) is 20.8. The highest BCUT2D eigenvalue weighted by molar-refractivity contribution is 5.19. The van der Waals surface area contributed by atoms with Crippen molar-refractivity contribution in [1.82, 2.24) is 5.32 Å². The average molecular weight is 245 g/mol. The van der Waals surface area contributed by atoms with Crippen LogP contribution in [-0.4, -0.2) is 24.8 Å². The minimum absolute atomic E-state index is 0.210. The van der Waals surface area contributed by atoms with E-state index in [1.807, 2.05) is 18.2 Å². The number of benzene rings is 1. The smallest absolute Gasteiger partial charge is 0.0511 e. The van der Waals surface area contributed by atoms with Crippen LogP contribution in [0.4, 0.5) is 0 Å². The van der Waals surface area contributed by atoms with Crippen molar-refractivity contribution >= 4 is 0 Å². The summed E-state index contributed by atoms with van der Waals surface area (Å²) in [5.41, 5.74) is 1.22. The first kappa shape index (κ1) is 13.3. The molecule has 0 saturated carbocycles. The van der Waals surface area contributed by atoms with Gasteiger partial charge in [-0.2, -0.15) is 0 Å². The lowest BCUT2D eigenvalue weighted by molar-refractivity contribution is 0.259. The predicted octanol–water partition coefficient (Wildman–Crippen LogP) is 2.71. The van der Waals surface area contributed by atoms with E-state index in [4.69, 9.17) is 0 Å². The third-order valence-corrected chi connectivity index (χ3v) is 3.69. The van der Waals surface area contributed by atoms with Crippen LogP contribution >= 0.6 is 0 Å². The minimum Gasteiger partial charge on any atom is -0.396 e. The van der Waals surface area contributed by atoms with Gasteiger partial charge in [0.05, 0.1) is 6.61 Å². The first-order valence-corrected chi connectivity index (χ1v) is 6.91. The molecule has 1 aliphatic carbocycles. The second-order valence-electron chi connectivity index (χ2n) is 5.10. The van der Waals surface area contributed by atoms with Crippen molar-refractivity contribution in [2.75, 3.05) is 19.7 Å². The van der Waals surface area contributed by atoms with Gasteiger partial charge in [0.2, 0.25) is 0 Å². The number of aliphatic hydroxyl groups is 1. The lowest BCUT2D eigenvalue weighted by Crippen LogP contribution is -2.29. The lowest BCUT2D eigenvalue weighted by atomic mass is 9.94. The number of nitrogens with one attached hydrogen (secondary N) is 1. The fourth-order valence-corrected chi connectivity index (χ4v) is 2.52. The average Bonchev–Trinajstić information content (AvgIpc) is 2.46. The van der Waals surface area contributed by atoms with Gasteiger partial charge in [-0.15, -0.1) is 0 Å². The Kier molecular flexibility index (Phi) is 5.43. The van der Waals surface area contributed by atoms with Gasteiger partial charge in [0.1, 0.15) is 0 Å². The van der Waals surface area contributed by atoms with Gasteiger partial charge in [0, 0.05) is 12.5 Å². The van der Waals surface area contributed by atoms with E-state index >= 15 is 0 Å². The highest BCUT2D eigenvalue weighted by Crippen LogP contribution is 2.18. The monoisotopic (exact) mass is 245 g/mol. The molecule has 0 fully saturated rings. The van der Waals surface area contributed by atoms with Crippen molar-refractivity contribution in [2.45, 2.75) is 25.2 Å². The Morgan fingerprint density at radius 3 is 2.72 bits per heavy atom. The van der Waals surface area contributed by atoms with E-state index in [1.165, 1.54) is 24.8 Å². The van der Waals surface area contributed by atoms with Crippen LogP contribution in [-0.2, 0) is 0 Å². The molecule has 0 radical (unpaired) electrons. The van der Waals surface area contributed by atoms with E-state index in [0.717, 1.165) is 19.0 Å². The van der Waals surface area contributed by atoms with Crippen molar-refractivity contribution in [1.29, 1.82) is 0 Å². The zero-order valence-corrected chi connectivity index (χ0v) is 10.9. The van der Waals surface area contributed by atoms with E-state index in [1.54, 1.807) is 0 Å². The topological polar surface area (TPSA) is 32.3 Å². The molecule has 0 amide bonds. The second-order valence-corrected chi connectivity index (χ2v) is 5.10. The third-order valence-electron chi connectivity index (χ3n) is 3.69. The molecule has 1 aromatic rings. The Morgan fingerprint density at radius 1 is 1.22 bits per heavy atom. The molecule has 2 atom stereocenters. The minimum atomic E-state index is 0.210. The maximum atomic E-state index is 9.47. The molecule has 0 spiro atoms. The third kappa shape index (κ3) is 3.97. The zero-order chi connectivity index (χ0) is 12.6. The first-order valence-electron chi connectivity index (χ1n) is 6.91. The van der Waals surface area contributed by atoms with Crippen LogP contribution in [0.5, 0.6) is 0 Å². The van der Waals surface area contributed by atoms with E-state index in [-0.39, 0.29) is 12.5 Å². The lowest BCUT2D eigenvalue weighted by Gasteiger charge is -2.21. The highest BCUT2D eigenvalue weighted by atomic mass is 16.3. The molecule has 2 nitrogen and oxygen atoms in total.